The summed E-state index contributed by atoms with van der Waals surface area (Å²) in [5.74, 6) is 0. The maximum absolute atomic E-state index is 10.7. The van der Waals surface area contributed by atoms with Crippen molar-refractivity contribution >= 4 is 23.2 Å². The van der Waals surface area contributed by atoms with Gasteiger partial charge in [-0.3, -0.25) is 0 Å². The molecule has 4 heteroatoms. The van der Waals surface area contributed by atoms with Crippen molar-refractivity contribution in [1.82, 2.24) is 0 Å². The summed E-state index contributed by atoms with van der Waals surface area (Å²) in [7, 11) is 1.70. The minimum Gasteiger partial charge on any atom is -0.389 e. The zero-order valence-corrected chi connectivity index (χ0v) is 12.0. The van der Waals surface area contributed by atoms with E-state index in [1.54, 1.807) is 19.2 Å². The Bertz CT molecular complexity index is 422. The van der Waals surface area contributed by atoms with E-state index in [0.29, 0.717) is 22.9 Å². The smallest absolute Gasteiger partial charge is 0.0713 e. The first kappa shape index (κ1) is 14.1. The standard InChI is InChI=1S/C14H18Cl2O2/c1-18-12-3-2-6-14(17,9-12)8-10-7-11(15)4-5-13(10)16/h4-5,7,12,17H,2-3,6,8-9H2,1H3. The number of ether oxygens (including phenoxy) is 1. The molecule has 1 aromatic carbocycles. The van der Waals surface area contributed by atoms with Crippen molar-refractivity contribution < 1.29 is 9.84 Å². The van der Waals surface area contributed by atoms with Crippen LogP contribution in [0.2, 0.25) is 10.0 Å². The molecule has 1 aliphatic rings. The largest absolute Gasteiger partial charge is 0.389 e. The second-order valence-electron chi connectivity index (χ2n) is 5.09. The van der Waals surface area contributed by atoms with Gasteiger partial charge in [-0.1, -0.05) is 23.2 Å². The number of hydrogen-bond donors (Lipinski definition) is 1. The lowest BCUT2D eigenvalue weighted by Gasteiger charge is -2.36. The van der Waals surface area contributed by atoms with Gasteiger partial charge in [0.15, 0.2) is 0 Å². The Morgan fingerprint density at radius 1 is 1.44 bits per heavy atom. The van der Waals surface area contributed by atoms with Crippen LogP contribution in [0.25, 0.3) is 0 Å². The lowest BCUT2D eigenvalue weighted by Crippen LogP contribution is -2.40. The first-order valence-corrected chi connectivity index (χ1v) is 6.97. The predicted molar refractivity (Wildman–Crippen MR) is 74.4 cm³/mol. The molecule has 0 amide bonds. The van der Waals surface area contributed by atoms with Gasteiger partial charge in [0.1, 0.15) is 0 Å². The molecule has 0 saturated heterocycles. The van der Waals surface area contributed by atoms with Gasteiger partial charge in [0, 0.05) is 30.0 Å². The highest BCUT2D eigenvalue weighted by molar-refractivity contribution is 6.33. The second-order valence-corrected chi connectivity index (χ2v) is 5.93. The molecule has 0 heterocycles. The summed E-state index contributed by atoms with van der Waals surface area (Å²) in [6, 6.07) is 5.37. The molecular weight excluding hydrogens is 271 g/mol. The Kier molecular flexibility index (Phi) is 4.54. The maximum atomic E-state index is 10.7. The van der Waals surface area contributed by atoms with Crippen molar-refractivity contribution in [3.05, 3.63) is 33.8 Å². The van der Waals surface area contributed by atoms with Crippen molar-refractivity contribution in [3.63, 3.8) is 0 Å². The van der Waals surface area contributed by atoms with Crippen LogP contribution in [0.4, 0.5) is 0 Å². The van der Waals surface area contributed by atoms with Crippen LogP contribution in [-0.4, -0.2) is 23.9 Å². The molecule has 2 rings (SSSR count). The lowest BCUT2D eigenvalue weighted by atomic mass is 9.79. The average Bonchev–Trinajstić information content (AvgIpc) is 2.33. The monoisotopic (exact) mass is 288 g/mol. The number of aliphatic hydroxyl groups is 1. The number of benzene rings is 1. The summed E-state index contributed by atoms with van der Waals surface area (Å²) >= 11 is 12.1. The van der Waals surface area contributed by atoms with Gasteiger partial charge in [0.25, 0.3) is 0 Å². The SMILES string of the molecule is COC1CCCC(O)(Cc2cc(Cl)ccc2Cl)C1. The molecule has 0 radical (unpaired) electrons. The van der Waals surface area contributed by atoms with Gasteiger partial charge in [-0.05, 0) is 43.0 Å². The van der Waals surface area contributed by atoms with E-state index in [9.17, 15) is 5.11 Å². The summed E-state index contributed by atoms with van der Waals surface area (Å²) < 4.78 is 5.36. The molecule has 1 saturated carbocycles. The topological polar surface area (TPSA) is 29.5 Å². The van der Waals surface area contributed by atoms with E-state index in [2.05, 4.69) is 0 Å². The van der Waals surface area contributed by atoms with E-state index in [1.807, 2.05) is 6.07 Å². The van der Waals surface area contributed by atoms with Crippen molar-refractivity contribution in [2.24, 2.45) is 0 Å². The lowest BCUT2D eigenvalue weighted by molar-refractivity contribution is -0.0581. The molecule has 1 aliphatic carbocycles. The molecule has 100 valence electrons. The molecule has 1 fully saturated rings. The van der Waals surface area contributed by atoms with Crippen LogP contribution >= 0.6 is 23.2 Å². The summed E-state index contributed by atoms with van der Waals surface area (Å²) in [5.41, 5.74) is 0.177. The Morgan fingerprint density at radius 3 is 2.94 bits per heavy atom. The van der Waals surface area contributed by atoms with Crippen molar-refractivity contribution in [2.75, 3.05) is 7.11 Å². The number of hydrogen-bond acceptors (Lipinski definition) is 2. The fourth-order valence-corrected chi connectivity index (χ4v) is 3.06. The Labute approximate surface area is 118 Å². The maximum Gasteiger partial charge on any atom is 0.0713 e. The third-order valence-corrected chi connectivity index (χ3v) is 4.24. The number of halogens is 2. The normalized spacial score (nSPS) is 28.3. The van der Waals surface area contributed by atoms with Crippen LogP contribution in [0.1, 0.15) is 31.2 Å². The molecule has 1 aromatic rings. The first-order valence-electron chi connectivity index (χ1n) is 6.21. The number of rotatable bonds is 3. The summed E-state index contributed by atoms with van der Waals surface area (Å²) in [5, 5.41) is 12.0. The second kappa shape index (κ2) is 5.79. The molecule has 0 spiro atoms. The van der Waals surface area contributed by atoms with Crippen molar-refractivity contribution in [1.29, 1.82) is 0 Å². The number of methoxy groups -OCH3 is 1. The highest BCUT2D eigenvalue weighted by atomic mass is 35.5. The summed E-state index contributed by atoms with van der Waals surface area (Å²) in [4.78, 5) is 0. The van der Waals surface area contributed by atoms with Crippen LogP contribution < -0.4 is 0 Å². The molecule has 0 aromatic heterocycles. The Balaban J connectivity index is 2.14. The Morgan fingerprint density at radius 2 is 2.22 bits per heavy atom. The van der Waals surface area contributed by atoms with Crippen LogP contribution in [0, 0.1) is 0 Å². The van der Waals surface area contributed by atoms with E-state index in [1.165, 1.54) is 0 Å². The average molecular weight is 289 g/mol. The zero-order valence-electron chi connectivity index (χ0n) is 10.5. The molecule has 2 nitrogen and oxygen atoms in total. The molecule has 18 heavy (non-hydrogen) atoms. The van der Waals surface area contributed by atoms with Gasteiger partial charge in [0.05, 0.1) is 11.7 Å². The Hall–Kier alpha value is -0.280. The third-order valence-electron chi connectivity index (χ3n) is 3.64. The van der Waals surface area contributed by atoms with Gasteiger partial charge in [-0.2, -0.15) is 0 Å². The van der Waals surface area contributed by atoms with Gasteiger partial charge >= 0.3 is 0 Å². The van der Waals surface area contributed by atoms with Gasteiger partial charge in [-0.15, -0.1) is 0 Å². The van der Waals surface area contributed by atoms with Crippen molar-refractivity contribution in [2.45, 2.75) is 43.8 Å². The van der Waals surface area contributed by atoms with Crippen molar-refractivity contribution in [3.8, 4) is 0 Å². The van der Waals surface area contributed by atoms with Gasteiger partial charge in [-0.25, -0.2) is 0 Å². The quantitative estimate of drug-likeness (QED) is 0.915. The molecule has 1 N–H and O–H groups in total. The predicted octanol–water partition coefficient (Wildman–Crippen LogP) is 3.86. The van der Waals surface area contributed by atoms with E-state index >= 15 is 0 Å². The fourth-order valence-electron chi connectivity index (χ4n) is 2.68. The van der Waals surface area contributed by atoms with E-state index < -0.39 is 5.60 Å². The van der Waals surface area contributed by atoms with Gasteiger partial charge < -0.3 is 9.84 Å². The highest BCUT2D eigenvalue weighted by Gasteiger charge is 2.35. The van der Waals surface area contributed by atoms with Crippen LogP contribution in [0.15, 0.2) is 18.2 Å². The molecule has 2 unspecified atom stereocenters. The minimum atomic E-state index is -0.729. The van der Waals surface area contributed by atoms with E-state index in [0.717, 1.165) is 24.8 Å². The molecule has 2 atom stereocenters. The first-order chi connectivity index (χ1) is 8.52. The highest BCUT2D eigenvalue weighted by Crippen LogP contribution is 2.34. The summed E-state index contributed by atoms with van der Waals surface area (Å²) in [6.45, 7) is 0. The third kappa shape index (κ3) is 3.39. The molecular formula is C14H18Cl2O2. The van der Waals surface area contributed by atoms with E-state index in [-0.39, 0.29) is 6.10 Å². The molecule has 0 bridgehead atoms. The minimum absolute atomic E-state index is 0.140. The van der Waals surface area contributed by atoms with E-state index in [4.69, 9.17) is 27.9 Å². The van der Waals surface area contributed by atoms with Crippen LogP contribution in [0.5, 0.6) is 0 Å². The molecule has 0 aliphatic heterocycles. The fraction of sp³-hybridized carbons (Fsp3) is 0.571. The van der Waals surface area contributed by atoms with Gasteiger partial charge in [0.2, 0.25) is 0 Å². The zero-order chi connectivity index (χ0) is 13.2. The van der Waals surface area contributed by atoms with Crippen LogP contribution in [-0.2, 0) is 11.2 Å². The van der Waals surface area contributed by atoms with Crippen LogP contribution in [0.3, 0.4) is 0 Å². The summed E-state index contributed by atoms with van der Waals surface area (Å²) in [6.07, 6.45) is 4.12.